The molecule has 1 N–H and O–H groups in total. The molecule has 0 saturated carbocycles. The van der Waals surface area contributed by atoms with Crippen molar-refractivity contribution >= 4 is 29.4 Å². The molecular formula is C24H27N3OS2. The van der Waals surface area contributed by atoms with Gasteiger partial charge in [-0.2, -0.15) is 5.10 Å². The van der Waals surface area contributed by atoms with Gasteiger partial charge in [-0.1, -0.05) is 42.5 Å². The standard InChI is InChI=1S/C24H27N3OS2/c1-17-22(18(2)27(26-17)16-19-7-4-3-5-8-19)15-25-23(28)20-9-11-21(12-10-20)24-29-13-6-14-30-24/h3-5,7-12,24H,6,13-16H2,1-2H3,(H,25,28). The van der Waals surface area contributed by atoms with Gasteiger partial charge in [0.2, 0.25) is 0 Å². The Labute approximate surface area is 186 Å². The molecule has 2 aromatic carbocycles. The first-order valence-corrected chi connectivity index (χ1v) is 12.4. The number of aryl methyl sites for hydroxylation is 1. The molecule has 0 bridgehead atoms. The Balaban J connectivity index is 1.39. The molecule has 0 radical (unpaired) electrons. The summed E-state index contributed by atoms with van der Waals surface area (Å²) in [7, 11) is 0. The molecule has 1 aliphatic heterocycles. The number of hydrogen-bond acceptors (Lipinski definition) is 4. The Bertz CT molecular complexity index is 993. The molecule has 1 fully saturated rings. The number of rotatable bonds is 6. The lowest BCUT2D eigenvalue weighted by molar-refractivity contribution is 0.0951. The average Bonchev–Trinajstić information content (AvgIpc) is 3.05. The number of carbonyl (C=O) groups is 1. The molecule has 1 aliphatic rings. The van der Waals surface area contributed by atoms with E-state index in [0.717, 1.165) is 23.5 Å². The molecule has 6 heteroatoms. The van der Waals surface area contributed by atoms with E-state index >= 15 is 0 Å². The van der Waals surface area contributed by atoms with Crippen LogP contribution in [0, 0.1) is 13.8 Å². The van der Waals surface area contributed by atoms with Gasteiger partial charge in [-0.25, -0.2) is 0 Å². The summed E-state index contributed by atoms with van der Waals surface area (Å²) in [5.41, 5.74) is 6.37. The van der Waals surface area contributed by atoms with Crippen molar-refractivity contribution in [3.05, 3.63) is 88.2 Å². The van der Waals surface area contributed by atoms with Crippen LogP contribution >= 0.6 is 23.5 Å². The first-order chi connectivity index (χ1) is 14.6. The fraction of sp³-hybridized carbons (Fsp3) is 0.333. The number of benzene rings is 2. The molecule has 156 valence electrons. The van der Waals surface area contributed by atoms with Gasteiger partial charge in [0.25, 0.3) is 5.91 Å². The largest absolute Gasteiger partial charge is 0.348 e. The average molecular weight is 438 g/mol. The van der Waals surface area contributed by atoms with Crippen molar-refractivity contribution in [3.8, 4) is 0 Å². The van der Waals surface area contributed by atoms with E-state index in [1.807, 2.05) is 65.5 Å². The number of nitrogens with one attached hydrogen (secondary N) is 1. The predicted molar refractivity (Wildman–Crippen MR) is 127 cm³/mol. The minimum Gasteiger partial charge on any atom is -0.348 e. The monoisotopic (exact) mass is 437 g/mol. The molecule has 0 atom stereocenters. The van der Waals surface area contributed by atoms with Crippen molar-refractivity contribution in [2.24, 2.45) is 0 Å². The predicted octanol–water partition coefficient (Wildman–Crippen LogP) is 5.35. The van der Waals surface area contributed by atoms with Gasteiger partial charge in [-0.3, -0.25) is 9.48 Å². The van der Waals surface area contributed by atoms with E-state index in [-0.39, 0.29) is 5.91 Å². The summed E-state index contributed by atoms with van der Waals surface area (Å²) in [6, 6.07) is 18.4. The van der Waals surface area contributed by atoms with E-state index in [1.165, 1.54) is 29.1 Å². The van der Waals surface area contributed by atoms with E-state index in [0.29, 0.717) is 16.7 Å². The Morgan fingerprint density at radius 1 is 1.07 bits per heavy atom. The number of carbonyl (C=O) groups excluding carboxylic acids is 1. The maximum atomic E-state index is 12.7. The minimum atomic E-state index is -0.0416. The van der Waals surface area contributed by atoms with Gasteiger partial charge >= 0.3 is 0 Å². The third-order valence-electron chi connectivity index (χ3n) is 5.40. The molecule has 4 rings (SSSR count). The Hall–Kier alpha value is -2.18. The second-order valence-electron chi connectivity index (χ2n) is 7.52. The quantitative estimate of drug-likeness (QED) is 0.565. The topological polar surface area (TPSA) is 46.9 Å². The van der Waals surface area contributed by atoms with Crippen molar-refractivity contribution in [2.45, 2.75) is 37.9 Å². The first-order valence-electron chi connectivity index (χ1n) is 10.3. The third-order valence-corrected chi connectivity index (χ3v) is 8.42. The van der Waals surface area contributed by atoms with E-state index in [4.69, 9.17) is 0 Å². The number of amides is 1. The lowest BCUT2D eigenvalue weighted by Gasteiger charge is -2.21. The molecule has 0 unspecified atom stereocenters. The smallest absolute Gasteiger partial charge is 0.251 e. The number of nitrogens with zero attached hydrogens (tertiary/aromatic N) is 2. The highest BCUT2D eigenvalue weighted by atomic mass is 32.2. The van der Waals surface area contributed by atoms with Gasteiger partial charge in [0.1, 0.15) is 0 Å². The molecule has 1 saturated heterocycles. The van der Waals surface area contributed by atoms with Crippen LogP contribution in [-0.4, -0.2) is 27.2 Å². The summed E-state index contributed by atoms with van der Waals surface area (Å²) in [4.78, 5) is 12.7. The molecule has 1 aromatic heterocycles. The van der Waals surface area contributed by atoms with Gasteiger partial charge in [-0.15, -0.1) is 23.5 Å². The summed E-state index contributed by atoms with van der Waals surface area (Å²) in [6.45, 7) is 5.30. The van der Waals surface area contributed by atoms with Crippen LogP contribution in [0.4, 0.5) is 0 Å². The summed E-state index contributed by atoms with van der Waals surface area (Å²) in [5, 5.41) is 7.75. The SMILES string of the molecule is Cc1nn(Cc2ccccc2)c(C)c1CNC(=O)c1ccc(C2SCCCS2)cc1. The highest BCUT2D eigenvalue weighted by Crippen LogP contribution is 2.43. The Morgan fingerprint density at radius 2 is 1.77 bits per heavy atom. The second kappa shape index (κ2) is 9.75. The van der Waals surface area contributed by atoms with Crippen LogP contribution in [0.2, 0.25) is 0 Å². The molecule has 2 heterocycles. The molecule has 0 spiro atoms. The molecule has 4 nitrogen and oxygen atoms in total. The van der Waals surface area contributed by atoms with Crippen molar-refractivity contribution in [1.82, 2.24) is 15.1 Å². The zero-order valence-corrected chi connectivity index (χ0v) is 19.1. The molecular weight excluding hydrogens is 410 g/mol. The van der Waals surface area contributed by atoms with Crippen LogP contribution in [0.5, 0.6) is 0 Å². The van der Waals surface area contributed by atoms with Crippen LogP contribution < -0.4 is 5.32 Å². The van der Waals surface area contributed by atoms with Crippen molar-refractivity contribution in [1.29, 1.82) is 0 Å². The molecule has 3 aromatic rings. The Kier molecular flexibility index (Phi) is 6.85. The fourth-order valence-corrected chi connectivity index (χ4v) is 6.54. The fourth-order valence-electron chi connectivity index (χ4n) is 3.64. The minimum absolute atomic E-state index is 0.0416. The number of thioether (sulfide) groups is 2. The first kappa shape index (κ1) is 21.1. The van der Waals surface area contributed by atoms with Gasteiger partial charge in [0.15, 0.2) is 0 Å². The van der Waals surface area contributed by atoms with E-state index in [2.05, 4.69) is 41.6 Å². The summed E-state index contributed by atoms with van der Waals surface area (Å²) < 4.78 is 2.51. The number of hydrogen-bond donors (Lipinski definition) is 1. The number of aromatic nitrogens is 2. The Morgan fingerprint density at radius 3 is 2.47 bits per heavy atom. The van der Waals surface area contributed by atoms with Gasteiger partial charge < -0.3 is 5.32 Å². The van der Waals surface area contributed by atoms with Crippen molar-refractivity contribution in [2.75, 3.05) is 11.5 Å². The highest BCUT2D eigenvalue weighted by molar-refractivity contribution is 8.16. The van der Waals surface area contributed by atoms with E-state index in [9.17, 15) is 4.79 Å². The van der Waals surface area contributed by atoms with Crippen LogP contribution in [-0.2, 0) is 13.1 Å². The zero-order valence-electron chi connectivity index (χ0n) is 17.4. The van der Waals surface area contributed by atoms with Crippen LogP contribution in [0.1, 0.15) is 49.4 Å². The molecule has 30 heavy (non-hydrogen) atoms. The second-order valence-corrected chi connectivity index (χ2v) is 10.2. The van der Waals surface area contributed by atoms with Gasteiger partial charge in [-0.05, 0) is 55.0 Å². The molecule has 1 amide bonds. The van der Waals surface area contributed by atoms with E-state index in [1.54, 1.807) is 0 Å². The highest BCUT2D eigenvalue weighted by Gasteiger charge is 2.17. The third kappa shape index (κ3) is 4.93. The summed E-state index contributed by atoms with van der Waals surface area (Å²) in [6.07, 6.45) is 1.28. The lowest BCUT2D eigenvalue weighted by atomic mass is 10.1. The zero-order chi connectivity index (χ0) is 20.9. The summed E-state index contributed by atoms with van der Waals surface area (Å²) >= 11 is 3.99. The van der Waals surface area contributed by atoms with Crippen LogP contribution in [0.25, 0.3) is 0 Å². The maximum Gasteiger partial charge on any atom is 0.251 e. The van der Waals surface area contributed by atoms with Crippen molar-refractivity contribution in [3.63, 3.8) is 0 Å². The normalized spacial score (nSPS) is 14.6. The van der Waals surface area contributed by atoms with Gasteiger partial charge in [0.05, 0.1) is 16.8 Å². The van der Waals surface area contributed by atoms with Crippen molar-refractivity contribution < 1.29 is 4.79 Å². The summed E-state index contributed by atoms with van der Waals surface area (Å²) in [5.74, 6) is 2.40. The lowest BCUT2D eigenvalue weighted by Crippen LogP contribution is -2.23. The maximum absolute atomic E-state index is 12.7. The van der Waals surface area contributed by atoms with E-state index < -0.39 is 0 Å². The molecule has 0 aliphatic carbocycles. The van der Waals surface area contributed by atoms with Crippen LogP contribution in [0.3, 0.4) is 0 Å². The van der Waals surface area contributed by atoms with Gasteiger partial charge in [0, 0.05) is 23.4 Å². The van der Waals surface area contributed by atoms with Crippen LogP contribution in [0.15, 0.2) is 54.6 Å².